The Labute approximate surface area is 169 Å². The molecule has 1 amide bonds. The zero-order valence-corrected chi connectivity index (χ0v) is 16.3. The summed E-state index contributed by atoms with van der Waals surface area (Å²) in [6.07, 6.45) is 3.35. The molecule has 1 N–H and O–H groups in total. The van der Waals surface area contributed by atoms with Crippen LogP contribution in [0.25, 0.3) is 0 Å². The van der Waals surface area contributed by atoms with Crippen LogP contribution < -0.4 is 10.1 Å². The van der Waals surface area contributed by atoms with E-state index >= 15 is 0 Å². The van der Waals surface area contributed by atoms with Crippen LogP contribution in [-0.2, 0) is 14.3 Å². The number of ether oxygens (including phenoxy) is 2. The normalized spacial score (nSPS) is 10.3. The summed E-state index contributed by atoms with van der Waals surface area (Å²) in [6.45, 7) is 1.11. The van der Waals surface area contributed by atoms with Crippen LogP contribution in [0.3, 0.4) is 0 Å². The van der Waals surface area contributed by atoms with Crippen LogP contribution in [0.1, 0.15) is 43.0 Å². The van der Waals surface area contributed by atoms with E-state index in [-0.39, 0.29) is 11.7 Å². The van der Waals surface area contributed by atoms with Crippen molar-refractivity contribution in [2.24, 2.45) is 0 Å². The summed E-state index contributed by atoms with van der Waals surface area (Å²) in [5, 5.41) is 2.77. The lowest BCUT2D eigenvalue weighted by molar-refractivity contribution is -0.144. The number of para-hydroxylation sites is 1. The zero-order valence-electron chi connectivity index (χ0n) is 16.3. The smallest absolute Gasteiger partial charge is 0.344 e. The van der Waals surface area contributed by atoms with Gasteiger partial charge in [0.2, 0.25) is 5.91 Å². The van der Waals surface area contributed by atoms with Gasteiger partial charge in [-0.2, -0.15) is 0 Å². The van der Waals surface area contributed by atoms with Crippen molar-refractivity contribution < 1.29 is 28.2 Å². The highest BCUT2D eigenvalue weighted by Gasteiger charge is 2.12. The van der Waals surface area contributed by atoms with E-state index < -0.39 is 30.8 Å². The Morgan fingerprint density at radius 3 is 2.38 bits per heavy atom. The quantitative estimate of drug-likeness (QED) is 0.348. The number of amides is 1. The first-order chi connectivity index (χ1) is 14.0. The number of ketones is 1. The number of hydrogen-bond donors (Lipinski definition) is 1. The number of carbonyl (C=O) groups is 3. The minimum atomic E-state index is -0.780. The summed E-state index contributed by atoms with van der Waals surface area (Å²) in [4.78, 5) is 35.6. The number of anilines is 1. The number of benzene rings is 2. The van der Waals surface area contributed by atoms with Crippen LogP contribution in [-0.4, -0.2) is 30.9 Å². The Morgan fingerprint density at radius 2 is 1.69 bits per heavy atom. The first kappa shape index (κ1) is 22.1. The lowest BCUT2D eigenvalue weighted by Gasteiger charge is -2.08. The third-order valence-electron chi connectivity index (χ3n) is 4.04. The number of halogens is 1. The molecule has 154 valence electrons. The highest BCUT2D eigenvalue weighted by molar-refractivity contribution is 5.98. The van der Waals surface area contributed by atoms with E-state index in [0.717, 1.165) is 19.3 Å². The third-order valence-corrected chi connectivity index (χ3v) is 4.04. The average Bonchev–Trinajstić information content (AvgIpc) is 2.72. The first-order valence-corrected chi connectivity index (χ1v) is 9.45. The molecule has 0 fully saturated rings. The summed E-state index contributed by atoms with van der Waals surface area (Å²) >= 11 is 0. The van der Waals surface area contributed by atoms with Crippen molar-refractivity contribution >= 4 is 23.3 Å². The second kappa shape index (κ2) is 11.6. The fourth-order valence-corrected chi connectivity index (χ4v) is 2.47. The van der Waals surface area contributed by atoms with Crippen LogP contribution in [0.2, 0.25) is 0 Å². The Balaban J connectivity index is 1.75. The van der Waals surface area contributed by atoms with Crippen LogP contribution >= 0.6 is 0 Å². The van der Waals surface area contributed by atoms with Crippen molar-refractivity contribution in [1.29, 1.82) is 0 Å². The predicted molar refractivity (Wildman–Crippen MR) is 106 cm³/mol. The van der Waals surface area contributed by atoms with Crippen molar-refractivity contribution in [2.45, 2.75) is 32.6 Å². The summed E-state index contributed by atoms with van der Waals surface area (Å²) < 4.78 is 23.3. The molecule has 2 aromatic carbocycles. The van der Waals surface area contributed by atoms with E-state index in [4.69, 9.17) is 9.47 Å². The Hall–Kier alpha value is -3.22. The molecule has 0 unspecified atom stereocenters. The van der Waals surface area contributed by atoms with E-state index in [9.17, 15) is 18.8 Å². The maximum Gasteiger partial charge on any atom is 0.344 e. The molecule has 0 saturated heterocycles. The van der Waals surface area contributed by atoms with Gasteiger partial charge in [0, 0.05) is 17.7 Å². The van der Waals surface area contributed by atoms with Gasteiger partial charge in [-0.15, -0.1) is 0 Å². The lowest BCUT2D eigenvalue weighted by Crippen LogP contribution is -2.19. The molecule has 2 aromatic rings. The highest BCUT2D eigenvalue weighted by atomic mass is 19.1. The molecule has 0 heterocycles. The third kappa shape index (κ3) is 7.73. The molecule has 0 radical (unpaired) electrons. The Bertz CT molecular complexity index is 835. The van der Waals surface area contributed by atoms with Gasteiger partial charge in [-0.3, -0.25) is 9.59 Å². The molecule has 0 spiro atoms. The monoisotopic (exact) mass is 401 g/mol. The molecule has 2 rings (SSSR count). The van der Waals surface area contributed by atoms with Gasteiger partial charge in [-0.1, -0.05) is 31.9 Å². The zero-order chi connectivity index (χ0) is 21.1. The molecule has 29 heavy (non-hydrogen) atoms. The molecule has 0 aromatic heterocycles. The fourth-order valence-electron chi connectivity index (χ4n) is 2.47. The van der Waals surface area contributed by atoms with Crippen molar-refractivity contribution in [2.75, 3.05) is 18.5 Å². The van der Waals surface area contributed by atoms with Crippen molar-refractivity contribution in [3.8, 4) is 5.75 Å². The molecule has 6 nitrogen and oxygen atoms in total. The molecule has 0 saturated carbocycles. The van der Waals surface area contributed by atoms with Gasteiger partial charge in [0.05, 0.1) is 0 Å². The van der Waals surface area contributed by atoms with Gasteiger partial charge in [-0.05, 0) is 42.8 Å². The molecule has 0 atom stereocenters. The molecule has 0 aliphatic heterocycles. The Kier molecular flexibility index (Phi) is 8.82. The number of unbranched alkanes of at least 4 members (excludes halogenated alkanes) is 2. The maximum atomic E-state index is 13.4. The molecule has 0 bridgehead atoms. The number of rotatable bonds is 11. The summed E-state index contributed by atoms with van der Waals surface area (Å²) in [5.74, 6) is -1.90. The van der Waals surface area contributed by atoms with Crippen molar-refractivity contribution in [3.63, 3.8) is 0 Å². The van der Waals surface area contributed by atoms with Gasteiger partial charge in [0.1, 0.15) is 0 Å². The summed E-state index contributed by atoms with van der Waals surface area (Å²) in [5.41, 5.74) is 0.940. The van der Waals surface area contributed by atoms with Crippen LogP contribution in [0, 0.1) is 5.82 Å². The number of Topliss-reactive ketones (excluding diaryl/α,β-unsaturated/α-hetero) is 1. The molecular weight excluding hydrogens is 377 g/mol. The maximum absolute atomic E-state index is 13.4. The molecular formula is C22H24FNO5. The molecule has 7 heteroatoms. The minimum absolute atomic E-state index is 0.0666. The second-order valence-electron chi connectivity index (χ2n) is 6.39. The summed E-state index contributed by atoms with van der Waals surface area (Å²) in [6, 6.07) is 12.0. The van der Waals surface area contributed by atoms with Gasteiger partial charge >= 0.3 is 5.97 Å². The van der Waals surface area contributed by atoms with Crippen LogP contribution in [0.5, 0.6) is 5.75 Å². The van der Waals surface area contributed by atoms with Gasteiger partial charge < -0.3 is 14.8 Å². The van der Waals surface area contributed by atoms with Gasteiger partial charge in [0.15, 0.2) is 30.6 Å². The number of nitrogens with one attached hydrogen (secondary N) is 1. The van der Waals surface area contributed by atoms with E-state index in [2.05, 4.69) is 12.2 Å². The van der Waals surface area contributed by atoms with Crippen LogP contribution in [0.4, 0.5) is 10.1 Å². The minimum Gasteiger partial charge on any atom is -0.479 e. The Morgan fingerprint density at radius 1 is 0.966 bits per heavy atom. The SMILES string of the molecule is CCCCCC(=O)Nc1ccc(C(=O)COC(=O)COc2ccccc2F)cc1. The van der Waals surface area contributed by atoms with E-state index in [1.807, 2.05) is 0 Å². The number of hydrogen-bond acceptors (Lipinski definition) is 5. The predicted octanol–water partition coefficient (Wildman–Crippen LogP) is 4.15. The average molecular weight is 401 g/mol. The van der Waals surface area contributed by atoms with E-state index in [0.29, 0.717) is 17.7 Å². The van der Waals surface area contributed by atoms with Crippen LogP contribution in [0.15, 0.2) is 48.5 Å². The summed E-state index contributed by atoms with van der Waals surface area (Å²) in [7, 11) is 0. The lowest BCUT2D eigenvalue weighted by atomic mass is 10.1. The largest absolute Gasteiger partial charge is 0.479 e. The van der Waals surface area contributed by atoms with Crippen molar-refractivity contribution in [1.82, 2.24) is 0 Å². The number of carbonyl (C=O) groups excluding carboxylic acids is 3. The molecule has 0 aliphatic rings. The van der Waals surface area contributed by atoms with E-state index in [1.165, 1.54) is 18.2 Å². The van der Waals surface area contributed by atoms with E-state index in [1.54, 1.807) is 30.3 Å². The molecule has 0 aliphatic carbocycles. The fraction of sp³-hybridized carbons (Fsp3) is 0.318. The topological polar surface area (TPSA) is 81.7 Å². The highest BCUT2D eigenvalue weighted by Crippen LogP contribution is 2.15. The van der Waals surface area contributed by atoms with Gasteiger partial charge in [-0.25, -0.2) is 9.18 Å². The number of esters is 1. The van der Waals surface area contributed by atoms with Gasteiger partial charge in [0.25, 0.3) is 0 Å². The second-order valence-corrected chi connectivity index (χ2v) is 6.39. The van der Waals surface area contributed by atoms with Crippen molar-refractivity contribution in [3.05, 3.63) is 59.9 Å². The standard InChI is InChI=1S/C22H24FNO5/c1-2-3-4-9-21(26)24-17-12-10-16(11-13-17)19(25)14-29-22(27)15-28-20-8-6-5-7-18(20)23/h5-8,10-13H,2-4,9,14-15H2,1H3,(H,24,26). The first-order valence-electron chi connectivity index (χ1n) is 9.45.